The number of nitrogens with zero attached hydrogens (tertiary/aromatic N) is 2. The SMILES string of the molecule is Fc1ccc(CNc2cnn(C[C@H]3CCOC3)c2)s1. The zero-order valence-electron chi connectivity index (χ0n) is 10.5. The number of anilines is 1. The van der Waals surface area contributed by atoms with E-state index < -0.39 is 0 Å². The van der Waals surface area contributed by atoms with Gasteiger partial charge in [0.1, 0.15) is 0 Å². The van der Waals surface area contributed by atoms with Gasteiger partial charge in [-0.15, -0.1) is 11.3 Å². The van der Waals surface area contributed by atoms with Gasteiger partial charge >= 0.3 is 0 Å². The maximum Gasteiger partial charge on any atom is 0.176 e. The Morgan fingerprint density at radius 2 is 2.47 bits per heavy atom. The standard InChI is InChI=1S/C13H16FN3OS/c14-13-2-1-12(19-13)6-15-11-5-16-17(8-11)7-10-3-4-18-9-10/h1-2,5,8,10,15H,3-4,6-7,9H2/t10-/m1/s1. The Balaban J connectivity index is 1.52. The fourth-order valence-electron chi connectivity index (χ4n) is 2.18. The molecule has 1 atom stereocenters. The van der Waals surface area contributed by atoms with E-state index in [0.717, 1.165) is 36.7 Å². The van der Waals surface area contributed by atoms with Crippen LogP contribution in [-0.4, -0.2) is 23.0 Å². The maximum atomic E-state index is 12.8. The molecule has 1 saturated heterocycles. The minimum atomic E-state index is -0.145. The first-order valence-corrected chi connectivity index (χ1v) is 7.19. The first-order chi connectivity index (χ1) is 9.29. The van der Waals surface area contributed by atoms with Crippen LogP contribution in [0.15, 0.2) is 24.5 Å². The summed E-state index contributed by atoms with van der Waals surface area (Å²) in [6, 6.07) is 3.29. The summed E-state index contributed by atoms with van der Waals surface area (Å²) in [7, 11) is 0. The molecule has 2 aromatic rings. The van der Waals surface area contributed by atoms with Crippen molar-refractivity contribution < 1.29 is 9.13 Å². The zero-order valence-corrected chi connectivity index (χ0v) is 11.3. The highest BCUT2D eigenvalue weighted by molar-refractivity contribution is 7.10. The second kappa shape index (κ2) is 5.71. The smallest absolute Gasteiger partial charge is 0.176 e. The molecule has 1 aliphatic rings. The fraction of sp³-hybridized carbons (Fsp3) is 0.462. The minimum absolute atomic E-state index is 0.145. The molecule has 2 aromatic heterocycles. The van der Waals surface area contributed by atoms with Gasteiger partial charge in [0.25, 0.3) is 0 Å². The third kappa shape index (κ3) is 3.33. The Bertz CT molecular complexity index is 533. The molecule has 0 saturated carbocycles. The summed E-state index contributed by atoms with van der Waals surface area (Å²) in [6.45, 7) is 3.22. The van der Waals surface area contributed by atoms with Crippen molar-refractivity contribution in [2.24, 2.45) is 5.92 Å². The molecule has 3 rings (SSSR count). The number of hydrogen-bond donors (Lipinski definition) is 1. The van der Waals surface area contributed by atoms with E-state index in [4.69, 9.17) is 4.74 Å². The van der Waals surface area contributed by atoms with E-state index in [2.05, 4.69) is 10.4 Å². The van der Waals surface area contributed by atoms with Crippen molar-refractivity contribution in [1.82, 2.24) is 9.78 Å². The monoisotopic (exact) mass is 281 g/mol. The quantitative estimate of drug-likeness (QED) is 0.916. The van der Waals surface area contributed by atoms with E-state index in [1.807, 2.05) is 10.9 Å². The molecule has 0 bridgehead atoms. The highest BCUT2D eigenvalue weighted by Gasteiger charge is 2.16. The van der Waals surface area contributed by atoms with Crippen molar-refractivity contribution in [3.05, 3.63) is 34.5 Å². The van der Waals surface area contributed by atoms with Gasteiger partial charge in [0.15, 0.2) is 5.13 Å². The van der Waals surface area contributed by atoms with E-state index >= 15 is 0 Å². The van der Waals surface area contributed by atoms with Crippen molar-refractivity contribution in [2.75, 3.05) is 18.5 Å². The second-order valence-electron chi connectivity index (χ2n) is 4.74. The van der Waals surface area contributed by atoms with E-state index in [9.17, 15) is 4.39 Å². The van der Waals surface area contributed by atoms with Crippen LogP contribution in [0.2, 0.25) is 0 Å². The topological polar surface area (TPSA) is 39.1 Å². The van der Waals surface area contributed by atoms with Crippen LogP contribution in [0, 0.1) is 11.0 Å². The molecule has 1 fully saturated rings. The average molecular weight is 281 g/mol. The molecule has 0 amide bonds. The molecule has 0 aromatic carbocycles. The van der Waals surface area contributed by atoms with Crippen LogP contribution in [0.3, 0.4) is 0 Å². The first kappa shape index (κ1) is 12.6. The average Bonchev–Trinajstić information content (AvgIpc) is 3.10. The number of halogens is 1. The van der Waals surface area contributed by atoms with E-state index in [1.165, 1.54) is 17.4 Å². The Labute approximate surface area is 115 Å². The van der Waals surface area contributed by atoms with Crippen molar-refractivity contribution in [1.29, 1.82) is 0 Å². The van der Waals surface area contributed by atoms with Gasteiger partial charge in [-0.3, -0.25) is 4.68 Å². The Hall–Kier alpha value is -1.40. The predicted octanol–water partition coefficient (Wildman–Crippen LogP) is 2.73. The molecular weight excluding hydrogens is 265 g/mol. The third-order valence-corrected chi connectivity index (χ3v) is 4.07. The molecule has 0 spiro atoms. The second-order valence-corrected chi connectivity index (χ2v) is 5.86. The molecule has 6 heteroatoms. The van der Waals surface area contributed by atoms with Gasteiger partial charge in [-0.1, -0.05) is 0 Å². The lowest BCUT2D eigenvalue weighted by Gasteiger charge is -2.06. The van der Waals surface area contributed by atoms with Crippen LogP contribution in [-0.2, 0) is 17.8 Å². The number of ether oxygens (including phenoxy) is 1. The molecular formula is C13H16FN3OS. The van der Waals surface area contributed by atoms with Gasteiger partial charge in [0.2, 0.25) is 0 Å². The first-order valence-electron chi connectivity index (χ1n) is 6.38. The molecule has 1 aliphatic heterocycles. The van der Waals surface area contributed by atoms with Crippen molar-refractivity contribution in [2.45, 2.75) is 19.5 Å². The lowest BCUT2D eigenvalue weighted by atomic mass is 10.1. The zero-order chi connectivity index (χ0) is 13.1. The Kier molecular flexibility index (Phi) is 3.79. The maximum absolute atomic E-state index is 12.8. The lowest BCUT2D eigenvalue weighted by Crippen LogP contribution is -2.10. The summed E-state index contributed by atoms with van der Waals surface area (Å²) in [5, 5.41) is 7.43. The molecule has 19 heavy (non-hydrogen) atoms. The van der Waals surface area contributed by atoms with Gasteiger partial charge in [0.05, 0.1) is 18.5 Å². The summed E-state index contributed by atoms with van der Waals surface area (Å²) in [5.74, 6) is 0.569. The number of nitrogens with one attached hydrogen (secondary N) is 1. The molecule has 3 heterocycles. The predicted molar refractivity (Wildman–Crippen MR) is 72.8 cm³/mol. The number of hydrogen-bond acceptors (Lipinski definition) is 4. The summed E-state index contributed by atoms with van der Waals surface area (Å²) in [5.41, 5.74) is 0.965. The number of aromatic nitrogens is 2. The summed E-state index contributed by atoms with van der Waals surface area (Å²) < 4.78 is 20.1. The van der Waals surface area contributed by atoms with Gasteiger partial charge in [-0.25, -0.2) is 0 Å². The van der Waals surface area contributed by atoms with E-state index in [-0.39, 0.29) is 5.13 Å². The van der Waals surface area contributed by atoms with Crippen molar-refractivity contribution >= 4 is 17.0 Å². The van der Waals surface area contributed by atoms with Gasteiger partial charge in [-0.05, 0) is 18.6 Å². The molecule has 0 unspecified atom stereocenters. The number of rotatable bonds is 5. The van der Waals surface area contributed by atoms with Crippen LogP contribution in [0.5, 0.6) is 0 Å². The third-order valence-electron chi connectivity index (χ3n) is 3.20. The summed E-state index contributed by atoms with van der Waals surface area (Å²) in [6.07, 6.45) is 4.90. The van der Waals surface area contributed by atoms with Crippen molar-refractivity contribution in [3.8, 4) is 0 Å². The van der Waals surface area contributed by atoms with Crippen molar-refractivity contribution in [3.63, 3.8) is 0 Å². The van der Waals surface area contributed by atoms with Crippen LogP contribution in [0.1, 0.15) is 11.3 Å². The van der Waals surface area contributed by atoms with Crippen LogP contribution in [0.25, 0.3) is 0 Å². The van der Waals surface area contributed by atoms with Gasteiger partial charge in [0, 0.05) is 36.7 Å². The molecule has 1 N–H and O–H groups in total. The molecule has 0 radical (unpaired) electrons. The summed E-state index contributed by atoms with van der Waals surface area (Å²) in [4.78, 5) is 0.981. The van der Waals surface area contributed by atoms with E-state index in [1.54, 1.807) is 12.3 Å². The minimum Gasteiger partial charge on any atom is -0.381 e. The van der Waals surface area contributed by atoms with Crippen LogP contribution < -0.4 is 5.32 Å². The largest absolute Gasteiger partial charge is 0.381 e. The Morgan fingerprint density at radius 3 is 3.21 bits per heavy atom. The molecule has 102 valence electrons. The molecule has 0 aliphatic carbocycles. The van der Waals surface area contributed by atoms with E-state index in [0.29, 0.717) is 12.5 Å². The van der Waals surface area contributed by atoms with Gasteiger partial charge in [-0.2, -0.15) is 9.49 Å². The highest BCUT2D eigenvalue weighted by Crippen LogP contribution is 2.18. The van der Waals surface area contributed by atoms with Crippen LogP contribution in [0.4, 0.5) is 10.1 Å². The number of thiophene rings is 1. The normalized spacial score (nSPS) is 18.9. The van der Waals surface area contributed by atoms with Crippen LogP contribution >= 0.6 is 11.3 Å². The fourth-order valence-corrected chi connectivity index (χ4v) is 2.85. The highest BCUT2D eigenvalue weighted by atomic mass is 32.1. The van der Waals surface area contributed by atoms with Gasteiger partial charge < -0.3 is 10.1 Å². The molecule has 4 nitrogen and oxygen atoms in total. The lowest BCUT2D eigenvalue weighted by molar-refractivity contribution is 0.181. The summed E-state index contributed by atoms with van der Waals surface area (Å²) >= 11 is 1.17. The Morgan fingerprint density at radius 1 is 1.53 bits per heavy atom.